The second-order valence-corrected chi connectivity index (χ2v) is 10.6. The zero-order valence-corrected chi connectivity index (χ0v) is 24.2. The van der Waals surface area contributed by atoms with Crippen LogP contribution in [0.1, 0.15) is 15.9 Å². The first kappa shape index (κ1) is 29.3. The van der Waals surface area contributed by atoms with Crippen molar-refractivity contribution < 1.29 is 44.2 Å². The minimum atomic E-state index is -1.63. The van der Waals surface area contributed by atoms with Gasteiger partial charge in [0.05, 0.1) is 54.2 Å². The molecule has 0 bridgehead atoms. The maximum Gasteiger partial charge on any atom is 0.229 e. The standard InChI is InChI=1S/C29H27BrClNO9/c1-38-14-7-8-16(20(11-14)39-2)25(34)15-5-3-4-6-18(15)32-12-21(23-19(32)10-9-17(30)24(23)31)40-29-28(37)27(36)26(35)22(13-33)41-29/h3-12,22,26-29,33,35-37H,13H2,1-2H3/t22-,26+,27+,28-,29-/m1/s1. The van der Waals surface area contributed by atoms with Gasteiger partial charge in [0.2, 0.25) is 6.29 Å². The van der Waals surface area contributed by atoms with E-state index in [1.165, 1.54) is 14.2 Å². The van der Waals surface area contributed by atoms with Crippen molar-refractivity contribution in [3.05, 3.63) is 81.4 Å². The van der Waals surface area contributed by atoms with E-state index >= 15 is 0 Å². The summed E-state index contributed by atoms with van der Waals surface area (Å²) in [6.07, 6.45) is -5.82. The van der Waals surface area contributed by atoms with Crippen LogP contribution in [0, 0.1) is 0 Å². The van der Waals surface area contributed by atoms with Crippen LogP contribution < -0.4 is 14.2 Å². The first-order valence-electron chi connectivity index (χ1n) is 12.5. The maximum absolute atomic E-state index is 13.9. The number of methoxy groups -OCH3 is 2. The van der Waals surface area contributed by atoms with Gasteiger partial charge >= 0.3 is 0 Å². The minimum Gasteiger partial charge on any atom is -0.497 e. The van der Waals surface area contributed by atoms with Gasteiger partial charge in [0.15, 0.2) is 5.78 Å². The van der Waals surface area contributed by atoms with Crippen molar-refractivity contribution in [3.63, 3.8) is 0 Å². The maximum atomic E-state index is 13.9. The molecule has 1 fully saturated rings. The highest BCUT2D eigenvalue weighted by molar-refractivity contribution is 9.10. The van der Waals surface area contributed by atoms with E-state index in [1.807, 2.05) is 0 Å². The Hall–Kier alpha value is -3.16. The van der Waals surface area contributed by atoms with Crippen molar-refractivity contribution in [1.29, 1.82) is 0 Å². The fraction of sp³-hybridized carbons (Fsp3) is 0.276. The van der Waals surface area contributed by atoms with Crippen molar-refractivity contribution in [2.45, 2.75) is 30.7 Å². The highest BCUT2D eigenvalue weighted by Crippen LogP contribution is 2.41. The number of aromatic nitrogens is 1. The van der Waals surface area contributed by atoms with Crippen LogP contribution in [-0.4, -0.2) is 82.3 Å². The van der Waals surface area contributed by atoms with E-state index in [-0.39, 0.29) is 11.5 Å². The van der Waals surface area contributed by atoms with Crippen molar-refractivity contribution in [2.24, 2.45) is 0 Å². The van der Waals surface area contributed by atoms with Crippen LogP contribution in [-0.2, 0) is 4.74 Å². The van der Waals surface area contributed by atoms with Gasteiger partial charge in [0.25, 0.3) is 0 Å². The number of para-hydroxylation sites is 1. The van der Waals surface area contributed by atoms with Gasteiger partial charge in [0, 0.05) is 16.1 Å². The minimum absolute atomic E-state index is 0.167. The molecule has 41 heavy (non-hydrogen) atoms. The summed E-state index contributed by atoms with van der Waals surface area (Å²) in [6.45, 7) is -0.608. The van der Waals surface area contributed by atoms with Gasteiger partial charge < -0.3 is 43.9 Å². The Morgan fingerprint density at radius 2 is 1.73 bits per heavy atom. The highest BCUT2D eigenvalue weighted by atomic mass is 79.9. The van der Waals surface area contributed by atoms with Gasteiger partial charge in [-0.3, -0.25) is 4.79 Å². The van der Waals surface area contributed by atoms with E-state index in [0.717, 1.165) is 0 Å². The molecule has 1 saturated heterocycles. The summed E-state index contributed by atoms with van der Waals surface area (Å²) in [5.41, 5.74) is 1.75. The average Bonchev–Trinajstić information content (AvgIpc) is 3.36. The fourth-order valence-electron chi connectivity index (χ4n) is 4.81. The zero-order valence-electron chi connectivity index (χ0n) is 21.9. The predicted octanol–water partition coefficient (Wildman–Crippen LogP) is 3.47. The third kappa shape index (κ3) is 5.30. The largest absolute Gasteiger partial charge is 0.497 e. The van der Waals surface area contributed by atoms with Crippen molar-refractivity contribution >= 4 is 44.2 Å². The van der Waals surface area contributed by atoms with E-state index in [9.17, 15) is 25.2 Å². The van der Waals surface area contributed by atoms with Crippen LogP contribution in [0.3, 0.4) is 0 Å². The number of rotatable bonds is 8. The summed E-state index contributed by atoms with van der Waals surface area (Å²) in [5.74, 6) is 0.750. The number of fused-ring (bicyclic) bond motifs is 1. The number of ketones is 1. The molecule has 1 aromatic heterocycles. The molecule has 216 valence electrons. The number of carbonyl (C=O) groups is 1. The third-order valence-corrected chi connectivity index (χ3v) is 8.26. The molecule has 0 aliphatic carbocycles. The summed E-state index contributed by atoms with van der Waals surface area (Å²) in [6, 6.07) is 15.4. The first-order chi connectivity index (χ1) is 19.7. The summed E-state index contributed by atoms with van der Waals surface area (Å²) in [4.78, 5) is 13.9. The highest BCUT2D eigenvalue weighted by Gasteiger charge is 2.45. The van der Waals surface area contributed by atoms with Gasteiger partial charge in [0.1, 0.15) is 41.7 Å². The first-order valence-corrected chi connectivity index (χ1v) is 13.7. The topological polar surface area (TPSA) is 140 Å². The molecule has 5 atom stereocenters. The van der Waals surface area contributed by atoms with Crippen molar-refractivity contribution in [2.75, 3.05) is 20.8 Å². The number of hydrogen-bond acceptors (Lipinski definition) is 9. The van der Waals surface area contributed by atoms with Gasteiger partial charge in [-0.25, -0.2) is 0 Å². The van der Waals surface area contributed by atoms with Crippen LogP contribution in [0.25, 0.3) is 16.6 Å². The number of nitrogens with zero attached hydrogens (tertiary/aromatic N) is 1. The quantitative estimate of drug-likeness (QED) is 0.212. The van der Waals surface area contributed by atoms with Crippen LogP contribution in [0.5, 0.6) is 17.2 Å². The second kappa shape index (κ2) is 12.0. The van der Waals surface area contributed by atoms with Crippen LogP contribution in [0.2, 0.25) is 5.02 Å². The lowest BCUT2D eigenvalue weighted by Crippen LogP contribution is -2.60. The number of benzene rings is 3. The molecule has 1 aliphatic rings. The lowest BCUT2D eigenvalue weighted by Gasteiger charge is -2.39. The van der Waals surface area contributed by atoms with Crippen molar-refractivity contribution in [1.82, 2.24) is 4.57 Å². The smallest absolute Gasteiger partial charge is 0.229 e. The third-order valence-electron chi connectivity index (χ3n) is 6.98. The number of carbonyl (C=O) groups excluding carboxylic acids is 1. The molecule has 3 aromatic carbocycles. The monoisotopic (exact) mass is 647 g/mol. The molecule has 0 radical (unpaired) electrons. The van der Waals surface area contributed by atoms with E-state index in [2.05, 4.69) is 15.9 Å². The van der Waals surface area contributed by atoms with E-state index in [0.29, 0.717) is 48.7 Å². The van der Waals surface area contributed by atoms with Gasteiger partial charge in [-0.1, -0.05) is 23.7 Å². The molecule has 4 aromatic rings. The number of hydrogen-bond donors (Lipinski definition) is 4. The van der Waals surface area contributed by atoms with Gasteiger partial charge in [-0.2, -0.15) is 0 Å². The summed E-state index contributed by atoms with van der Waals surface area (Å²) < 4.78 is 24.6. The number of ether oxygens (including phenoxy) is 4. The second-order valence-electron chi connectivity index (χ2n) is 9.35. The molecule has 0 unspecified atom stereocenters. The zero-order chi connectivity index (χ0) is 29.4. The van der Waals surface area contributed by atoms with E-state index in [1.54, 1.807) is 65.4 Å². The SMILES string of the molecule is COc1ccc(C(=O)c2ccccc2-n2cc(O[C@@H]3O[C@H](CO)[C@H](O)[C@H](O)[C@H]3O)c3c(Cl)c(Br)ccc32)c(OC)c1. The molecule has 2 heterocycles. The summed E-state index contributed by atoms with van der Waals surface area (Å²) >= 11 is 10.1. The molecule has 0 spiro atoms. The van der Waals surface area contributed by atoms with Gasteiger partial charge in [-0.05, 0) is 52.3 Å². The van der Waals surface area contributed by atoms with E-state index < -0.39 is 37.3 Å². The van der Waals surface area contributed by atoms with Crippen LogP contribution in [0.4, 0.5) is 0 Å². The Morgan fingerprint density at radius 1 is 0.976 bits per heavy atom. The lowest BCUT2D eigenvalue weighted by molar-refractivity contribution is -0.277. The molecular formula is C29H27BrClNO9. The van der Waals surface area contributed by atoms with Crippen LogP contribution >= 0.6 is 27.5 Å². The Morgan fingerprint density at radius 3 is 2.44 bits per heavy atom. The lowest BCUT2D eigenvalue weighted by atomic mass is 9.99. The Labute approximate surface area is 248 Å². The normalized spacial score (nSPS) is 22.5. The molecular weight excluding hydrogens is 622 g/mol. The Balaban J connectivity index is 1.62. The van der Waals surface area contributed by atoms with Crippen molar-refractivity contribution in [3.8, 4) is 22.9 Å². The number of halogens is 2. The molecule has 5 rings (SSSR count). The number of aliphatic hydroxyl groups excluding tert-OH is 4. The average molecular weight is 649 g/mol. The number of aliphatic hydroxyl groups is 4. The molecule has 0 amide bonds. The summed E-state index contributed by atoms with van der Waals surface area (Å²) in [7, 11) is 3.00. The molecule has 10 nitrogen and oxygen atoms in total. The fourth-order valence-corrected chi connectivity index (χ4v) is 5.40. The molecule has 4 N–H and O–H groups in total. The van der Waals surface area contributed by atoms with Gasteiger partial charge in [-0.15, -0.1) is 0 Å². The molecule has 1 aliphatic heterocycles. The van der Waals surface area contributed by atoms with Crippen LogP contribution in [0.15, 0.2) is 65.3 Å². The Bertz CT molecular complexity index is 1590. The molecule has 0 saturated carbocycles. The summed E-state index contributed by atoms with van der Waals surface area (Å²) in [5, 5.41) is 41.3. The predicted molar refractivity (Wildman–Crippen MR) is 153 cm³/mol. The molecule has 12 heteroatoms. The Kier molecular flexibility index (Phi) is 8.57. The van der Waals surface area contributed by atoms with E-state index in [4.69, 9.17) is 30.5 Å².